The molecule has 36 heavy (non-hydrogen) atoms. The highest BCUT2D eigenvalue weighted by molar-refractivity contribution is 5.07. The van der Waals surface area contributed by atoms with Crippen molar-refractivity contribution in [2.45, 2.75) is 194 Å². The summed E-state index contributed by atoms with van der Waals surface area (Å²) in [6.07, 6.45) is 43.2. The fourth-order valence-corrected chi connectivity index (χ4v) is 5.46. The van der Waals surface area contributed by atoms with Crippen LogP contribution in [0.25, 0.3) is 0 Å². The third-order valence-electron chi connectivity index (χ3n) is 8.05. The first-order valence-electron chi connectivity index (χ1n) is 16.8. The molecule has 0 saturated heterocycles. The summed E-state index contributed by atoms with van der Waals surface area (Å²) in [7, 11) is 0. The summed E-state index contributed by atoms with van der Waals surface area (Å²) in [6, 6.07) is 4.72. The van der Waals surface area contributed by atoms with E-state index in [1.165, 1.54) is 185 Å². The topological polar surface area (TPSA) is 3.88 Å². The molecule has 0 aromatic carbocycles. The van der Waals surface area contributed by atoms with Gasteiger partial charge in [-0.25, -0.2) is 4.57 Å². The zero-order valence-electron chi connectivity index (χ0n) is 25.1. The molecule has 1 nitrogen and oxygen atoms in total. The van der Waals surface area contributed by atoms with Crippen molar-refractivity contribution in [3.63, 3.8) is 0 Å². The smallest absolute Gasteiger partial charge is 0.169 e. The molecule has 0 fully saturated rings. The van der Waals surface area contributed by atoms with Crippen LogP contribution in [0.4, 0.5) is 0 Å². The van der Waals surface area contributed by atoms with Gasteiger partial charge in [0.1, 0.15) is 6.54 Å². The standard InChI is InChI=1S/C35H66N/c1-3-5-7-9-11-13-14-15-16-17-18-19-20-21-23-25-27-29-35-30-33-36(34-31-35)32-28-26-24-22-12-10-8-6-4-2/h30-31,33-34H,3-29,32H2,1-2H3/q+1. The van der Waals surface area contributed by atoms with Crippen molar-refractivity contribution >= 4 is 0 Å². The van der Waals surface area contributed by atoms with Crippen LogP contribution >= 0.6 is 0 Å². The van der Waals surface area contributed by atoms with Crippen LogP contribution in [0.3, 0.4) is 0 Å². The molecule has 0 amide bonds. The number of aryl methyl sites for hydroxylation is 2. The summed E-state index contributed by atoms with van der Waals surface area (Å²) >= 11 is 0. The zero-order valence-corrected chi connectivity index (χ0v) is 25.1. The van der Waals surface area contributed by atoms with Gasteiger partial charge in [-0.3, -0.25) is 0 Å². The molecular formula is C35H66N+. The van der Waals surface area contributed by atoms with Gasteiger partial charge in [-0.1, -0.05) is 162 Å². The lowest BCUT2D eigenvalue weighted by atomic mass is 10.0. The quantitative estimate of drug-likeness (QED) is 0.0795. The second-order valence-corrected chi connectivity index (χ2v) is 11.7. The van der Waals surface area contributed by atoms with Gasteiger partial charge >= 0.3 is 0 Å². The maximum atomic E-state index is 2.39. The van der Waals surface area contributed by atoms with Crippen LogP contribution in [0.15, 0.2) is 24.5 Å². The van der Waals surface area contributed by atoms with Gasteiger partial charge in [0.15, 0.2) is 12.4 Å². The number of aromatic nitrogens is 1. The van der Waals surface area contributed by atoms with Crippen LogP contribution in [-0.4, -0.2) is 0 Å². The molecule has 0 saturated carbocycles. The molecule has 0 aliphatic heterocycles. The van der Waals surface area contributed by atoms with Crippen LogP contribution in [0.5, 0.6) is 0 Å². The van der Waals surface area contributed by atoms with Gasteiger partial charge in [-0.15, -0.1) is 0 Å². The van der Waals surface area contributed by atoms with Crippen LogP contribution in [0, 0.1) is 0 Å². The van der Waals surface area contributed by atoms with Crippen molar-refractivity contribution in [2.24, 2.45) is 0 Å². The average Bonchev–Trinajstić information content (AvgIpc) is 2.90. The summed E-state index contributed by atoms with van der Waals surface area (Å²) in [5.74, 6) is 0. The molecule has 1 aromatic rings. The highest BCUT2D eigenvalue weighted by Gasteiger charge is 2.02. The Balaban J connectivity index is 1.83. The van der Waals surface area contributed by atoms with E-state index >= 15 is 0 Å². The average molecular weight is 501 g/mol. The zero-order chi connectivity index (χ0) is 25.8. The molecule has 0 N–H and O–H groups in total. The number of pyridine rings is 1. The number of nitrogens with zero attached hydrogens (tertiary/aromatic N) is 1. The van der Waals surface area contributed by atoms with E-state index in [0.29, 0.717) is 0 Å². The maximum absolute atomic E-state index is 2.39. The molecule has 0 spiro atoms. The number of unbranched alkanes of at least 4 members (excludes halogenated alkanes) is 24. The van der Waals surface area contributed by atoms with Crippen LogP contribution in [-0.2, 0) is 13.0 Å². The fourth-order valence-electron chi connectivity index (χ4n) is 5.46. The maximum Gasteiger partial charge on any atom is 0.169 e. The minimum Gasteiger partial charge on any atom is -0.205 e. The van der Waals surface area contributed by atoms with E-state index in [1.807, 2.05) is 0 Å². The number of hydrogen-bond donors (Lipinski definition) is 0. The minimum atomic E-state index is 1.19. The number of hydrogen-bond acceptors (Lipinski definition) is 0. The predicted molar refractivity (Wildman–Crippen MR) is 162 cm³/mol. The lowest BCUT2D eigenvalue weighted by Gasteiger charge is -2.04. The van der Waals surface area contributed by atoms with Crippen molar-refractivity contribution in [1.29, 1.82) is 0 Å². The normalized spacial score (nSPS) is 11.4. The van der Waals surface area contributed by atoms with Gasteiger partial charge in [-0.2, -0.15) is 0 Å². The van der Waals surface area contributed by atoms with E-state index in [-0.39, 0.29) is 0 Å². The Morgan fingerprint density at radius 3 is 1.06 bits per heavy atom. The molecule has 0 unspecified atom stereocenters. The largest absolute Gasteiger partial charge is 0.205 e. The van der Waals surface area contributed by atoms with Crippen molar-refractivity contribution in [3.8, 4) is 0 Å². The summed E-state index contributed by atoms with van der Waals surface area (Å²) in [5.41, 5.74) is 1.53. The van der Waals surface area contributed by atoms with Crippen molar-refractivity contribution in [2.75, 3.05) is 0 Å². The van der Waals surface area contributed by atoms with Gasteiger partial charge in [0.05, 0.1) is 0 Å². The molecule has 1 heteroatoms. The Kier molecular flexibility index (Phi) is 25.1. The molecule has 0 aliphatic carbocycles. The second kappa shape index (κ2) is 27.2. The Morgan fingerprint density at radius 2 is 0.694 bits per heavy atom. The predicted octanol–water partition coefficient (Wildman–Crippen LogP) is 11.7. The molecule has 0 aliphatic rings. The molecule has 1 rings (SSSR count). The Morgan fingerprint density at radius 1 is 0.389 bits per heavy atom. The van der Waals surface area contributed by atoms with Crippen molar-refractivity contribution < 1.29 is 4.57 Å². The molecule has 1 heterocycles. The molecular weight excluding hydrogens is 434 g/mol. The lowest BCUT2D eigenvalue weighted by molar-refractivity contribution is -0.697. The summed E-state index contributed by atoms with van der Waals surface area (Å²) in [5, 5.41) is 0. The van der Waals surface area contributed by atoms with E-state index in [2.05, 4.69) is 42.9 Å². The number of rotatable bonds is 28. The molecule has 0 atom stereocenters. The van der Waals surface area contributed by atoms with E-state index in [0.717, 1.165) is 0 Å². The van der Waals surface area contributed by atoms with Crippen LogP contribution in [0.2, 0.25) is 0 Å². The molecule has 0 radical (unpaired) electrons. The van der Waals surface area contributed by atoms with Crippen molar-refractivity contribution in [3.05, 3.63) is 30.1 Å². The van der Waals surface area contributed by atoms with E-state index < -0.39 is 0 Å². The first kappa shape index (κ1) is 33.2. The monoisotopic (exact) mass is 501 g/mol. The Bertz CT molecular complexity index is 534. The fraction of sp³-hybridized carbons (Fsp3) is 0.857. The van der Waals surface area contributed by atoms with Gasteiger partial charge in [0.25, 0.3) is 0 Å². The molecule has 1 aromatic heterocycles. The lowest BCUT2D eigenvalue weighted by Crippen LogP contribution is -2.32. The third-order valence-corrected chi connectivity index (χ3v) is 8.05. The van der Waals surface area contributed by atoms with E-state index in [9.17, 15) is 0 Å². The van der Waals surface area contributed by atoms with Gasteiger partial charge in [-0.05, 0) is 24.8 Å². The highest BCUT2D eigenvalue weighted by Crippen LogP contribution is 2.15. The SMILES string of the molecule is CCCCCCCCCCCCCCCCCCCc1cc[n+](CCCCCCCCCCC)cc1. The highest BCUT2D eigenvalue weighted by atomic mass is 14.9. The first-order valence-corrected chi connectivity index (χ1v) is 16.8. The van der Waals surface area contributed by atoms with Crippen molar-refractivity contribution in [1.82, 2.24) is 0 Å². The summed E-state index contributed by atoms with van der Waals surface area (Å²) in [6.45, 7) is 5.79. The molecule has 0 bridgehead atoms. The van der Waals surface area contributed by atoms with Gasteiger partial charge < -0.3 is 0 Å². The minimum absolute atomic E-state index is 1.19. The van der Waals surface area contributed by atoms with Crippen LogP contribution < -0.4 is 4.57 Å². The second-order valence-electron chi connectivity index (χ2n) is 11.7. The van der Waals surface area contributed by atoms with Gasteiger partial charge in [0, 0.05) is 18.6 Å². The first-order chi connectivity index (χ1) is 17.9. The van der Waals surface area contributed by atoms with Gasteiger partial charge in [0.2, 0.25) is 0 Å². The Hall–Kier alpha value is -0.850. The third kappa shape index (κ3) is 22.4. The van der Waals surface area contributed by atoms with E-state index in [4.69, 9.17) is 0 Å². The molecule has 210 valence electrons. The summed E-state index contributed by atoms with van der Waals surface area (Å²) in [4.78, 5) is 0. The van der Waals surface area contributed by atoms with E-state index in [1.54, 1.807) is 0 Å². The Labute approximate surface area is 228 Å². The van der Waals surface area contributed by atoms with Crippen LogP contribution in [0.1, 0.15) is 186 Å². The summed E-state index contributed by atoms with van der Waals surface area (Å²) < 4.78 is 2.39.